The lowest BCUT2D eigenvalue weighted by Crippen LogP contribution is -2.35. The van der Waals surface area contributed by atoms with E-state index >= 15 is 0 Å². The average molecular weight is 353 g/mol. The molecule has 3 N–H and O–H groups in total. The van der Waals surface area contributed by atoms with Crippen molar-refractivity contribution in [2.75, 3.05) is 18.9 Å². The van der Waals surface area contributed by atoms with E-state index in [4.69, 9.17) is 5.73 Å². The van der Waals surface area contributed by atoms with Crippen molar-refractivity contribution >= 4 is 17.5 Å². The number of para-hydroxylation sites is 1. The molecule has 2 aromatic rings. The molecule has 0 aliphatic rings. The second kappa shape index (κ2) is 9.15. The third-order valence-electron chi connectivity index (χ3n) is 4.44. The molecule has 5 nitrogen and oxygen atoms in total. The van der Waals surface area contributed by atoms with Crippen LogP contribution in [0.15, 0.2) is 54.6 Å². The van der Waals surface area contributed by atoms with Crippen molar-refractivity contribution in [3.8, 4) is 0 Å². The van der Waals surface area contributed by atoms with E-state index < -0.39 is 0 Å². The molecule has 0 aliphatic heterocycles. The van der Waals surface area contributed by atoms with Gasteiger partial charge in [-0.05, 0) is 36.6 Å². The number of carbonyl (C=O) groups is 2. The zero-order valence-corrected chi connectivity index (χ0v) is 15.6. The summed E-state index contributed by atoms with van der Waals surface area (Å²) in [6, 6.07) is 16.0. The summed E-state index contributed by atoms with van der Waals surface area (Å²) in [4.78, 5) is 26.8. The number of anilines is 1. The fraction of sp³-hybridized carbons (Fsp3) is 0.333. The van der Waals surface area contributed by atoms with E-state index in [0.717, 1.165) is 6.42 Å². The van der Waals surface area contributed by atoms with Gasteiger partial charge in [-0.25, -0.2) is 0 Å². The van der Waals surface area contributed by atoms with Gasteiger partial charge in [-0.1, -0.05) is 44.2 Å². The van der Waals surface area contributed by atoms with Crippen LogP contribution in [0.4, 0.5) is 5.69 Å². The zero-order valence-electron chi connectivity index (χ0n) is 15.6. The van der Waals surface area contributed by atoms with Crippen LogP contribution in [0, 0.1) is 5.92 Å². The van der Waals surface area contributed by atoms with Gasteiger partial charge in [0.25, 0.3) is 11.8 Å². The van der Waals surface area contributed by atoms with Crippen LogP contribution in [-0.2, 0) is 0 Å². The highest BCUT2D eigenvalue weighted by molar-refractivity contribution is 6.08. The highest BCUT2D eigenvalue weighted by Crippen LogP contribution is 2.18. The van der Waals surface area contributed by atoms with Crippen LogP contribution >= 0.6 is 0 Å². The lowest BCUT2D eigenvalue weighted by molar-refractivity contribution is 0.0790. The monoisotopic (exact) mass is 353 g/mol. The molecular weight excluding hydrogens is 326 g/mol. The predicted octanol–water partition coefficient (Wildman–Crippen LogP) is 3.38. The van der Waals surface area contributed by atoms with Crippen LogP contribution in [0.5, 0.6) is 0 Å². The van der Waals surface area contributed by atoms with Crippen molar-refractivity contribution in [1.29, 1.82) is 0 Å². The molecule has 0 aromatic heterocycles. The molecule has 0 heterocycles. The van der Waals surface area contributed by atoms with Gasteiger partial charge < -0.3 is 16.0 Å². The van der Waals surface area contributed by atoms with Gasteiger partial charge in [0.2, 0.25) is 0 Å². The maximum absolute atomic E-state index is 12.8. The van der Waals surface area contributed by atoms with Gasteiger partial charge in [-0.3, -0.25) is 9.59 Å². The van der Waals surface area contributed by atoms with Crippen molar-refractivity contribution in [1.82, 2.24) is 4.90 Å². The second-order valence-corrected chi connectivity index (χ2v) is 6.79. The molecule has 138 valence electrons. The first-order chi connectivity index (χ1) is 12.4. The number of nitrogens with two attached hydrogens (primary N) is 1. The van der Waals surface area contributed by atoms with Crippen LogP contribution in [0.1, 0.15) is 41.0 Å². The second-order valence-electron chi connectivity index (χ2n) is 6.79. The largest absolute Gasteiger partial charge is 0.342 e. The predicted molar refractivity (Wildman–Crippen MR) is 105 cm³/mol. The first-order valence-corrected chi connectivity index (χ1v) is 8.86. The summed E-state index contributed by atoms with van der Waals surface area (Å²) >= 11 is 0. The molecule has 0 radical (unpaired) electrons. The zero-order chi connectivity index (χ0) is 19.1. The van der Waals surface area contributed by atoms with Gasteiger partial charge in [0.15, 0.2) is 0 Å². The molecule has 0 saturated heterocycles. The van der Waals surface area contributed by atoms with E-state index in [1.165, 1.54) is 0 Å². The number of benzene rings is 2. The minimum Gasteiger partial charge on any atom is -0.342 e. The molecule has 0 spiro atoms. The summed E-state index contributed by atoms with van der Waals surface area (Å²) in [5, 5.41) is 2.83. The molecule has 0 bridgehead atoms. The highest BCUT2D eigenvalue weighted by atomic mass is 16.2. The lowest BCUT2D eigenvalue weighted by Gasteiger charge is -2.22. The van der Waals surface area contributed by atoms with Gasteiger partial charge in [-0.15, -0.1) is 0 Å². The first-order valence-electron chi connectivity index (χ1n) is 8.86. The molecule has 5 heteroatoms. The Morgan fingerprint density at radius 1 is 1.04 bits per heavy atom. The van der Waals surface area contributed by atoms with Gasteiger partial charge in [0.1, 0.15) is 0 Å². The van der Waals surface area contributed by atoms with E-state index in [2.05, 4.69) is 19.2 Å². The SMILES string of the molecule is CC(C)C(N)CCN(C)C(=O)c1ccccc1NC(=O)c1ccccc1. The first kappa shape index (κ1) is 19.7. The topological polar surface area (TPSA) is 75.4 Å². The van der Waals surface area contributed by atoms with E-state index in [1.54, 1.807) is 60.5 Å². The average Bonchev–Trinajstić information content (AvgIpc) is 2.66. The third kappa shape index (κ3) is 5.17. The fourth-order valence-electron chi connectivity index (χ4n) is 2.55. The van der Waals surface area contributed by atoms with E-state index in [-0.39, 0.29) is 17.9 Å². The maximum Gasteiger partial charge on any atom is 0.255 e. The molecule has 2 aromatic carbocycles. The lowest BCUT2D eigenvalue weighted by atomic mass is 10.0. The van der Waals surface area contributed by atoms with Crippen molar-refractivity contribution in [3.63, 3.8) is 0 Å². The number of carbonyl (C=O) groups excluding carboxylic acids is 2. The van der Waals surface area contributed by atoms with E-state index in [9.17, 15) is 9.59 Å². The Morgan fingerprint density at radius 3 is 2.31 bits per heavy atom. The summed E-state index contributed by atoms with van der Waals surface area (Å²) in [7, 11) is 1.76. The van der Waals surface area contributed by atoms with Gasteiger partial charge in [-0.2, -0.15) is 0 Å². The quantitative estimate of drug-likeness (QED) is 0.801. The molecule has 2 rings (SSSR count). The number of nitrogens with zero attached hydrogens (tertiary/aromatic N) is 1. The Balaban J connectivity index is 2.10. The summed E-state index contributed by atoms with van der Waals surface area (Å²) < 4.78 is 0. The molecule has 1 unspecified atom stereocenters. The molecule has 0 aliphatic carbocycles. The summed E-state index contributed by atoms with van der Waals surface area (Å²) in [5.74, 6) is -0.00352. The Labute approximate surface area is 155 Å². The summed E-state index contributed by atoms with van der Waals surface area (Å²) in [6.07, 6.45) is 0.735. The van der Waals surface area contributed by atoms with Gasteiger partial charge in [0.05, 0.1) is 11.3 Å². The maximum atomic E-state index is 12.8. The van der Waals surface area contributed by atoms with Crippen LogP contribution in [0.2, 0.25) is 0 Å². The van der Waals surface area contributed by atoms with Crippen molar-refractivity contribution in [2.24, 2.45) is 11.7 Å². The number of nitrogens with one attached hydrogen (secondary N) is 1. The minimum atomic E-state index is -0.240. The molecule has 26 heavy (non-hydrogen) atoms. The molecule has 0 fully saturated rings. The number of amides is 2. The van der Waals surface area contributed by atoms with Crippen LogP contribution in [0.3, 0.4) is 0 Å². The van der Waals surface area contributed by atoms with E-state index in [0.29, 0.717) is 29.3 Å². The Morgan fingerprint density at radius 2 is 1.65 bits per heavy atom. The number of rotatable bonds is 7. The third-order valence-corrected chi connectivity index (χ3v) is 4.44. The standard InChI is InChI=1S/C21H27N3O2/c1-15(2)18(22)13-14-24(3)21(26)17-11-7-8-12-19(17)23-20(25)16-9-5-4-6-10-16/h4-12,15,18H,13-14,22H2,1-3H3,(H,23,25). The molecule has 2 amide bonds. The Kier molecular flexibility index (Phi) is 6.92. The normalized spacial score (nSPS) is 11.9. The molecule has 0 saturated carbocycles. The molecular formula is C21H27N3O2. The Bertz CT molecular complexity index is 744. The van der Waals surface area contributed by atoms with E-state index in [1.807, 2.05) is 6.07 Å². The van der Waals surface area contributed by atoms with Crippen LogP contribution in [-0.4, -0.2) is 36.3 Å². The van der Waals surface area contributed by atoms with Crippen molar-refractivity contribution in [2.45, 2.75) is 26.3 Å². The molecule has 1 atom stereocenters. The number of hydrogen-bond acceptors (Lipinski definition) is 3. The van der Waals surface area contributed by atoms with Gasteiger partial charge in [0, 0.05) is 25.2 Å². The highest BCUT2D eigenvalue weighted by Gasteiger charge is 2.18. The van der Waals surface area contributed by atoms with Crippen molar-refractivity contribution in [3.05, 3.63) is 65.7 Å². The summed E-state index contributed by atoms with van der Waals surface area (Å²) in [6.45, 7) is 4.71. The summed E-state index contributed by atoms with van der Waals surface area (Å²) in [5.41, 5.74) is 7.59. The van der Waals surface area contributed by atoms with Crippen LogP contribution < -0.4 is 11.1 Å². The minimum absolute atomic E-state index is 0.0540. The smallest absolute Gasteiger partial charge is 0.255 e. The Hall–Kier alpha value is -2.66. The fourth-order valence-corrected chi connectivity index (χ4v) is 2.55. The number of hydrogen-bond donors (Lipinski definition) is 2. The van der Waals surface area contributed by atoms with Crippen LogP contribution in [0.25, 0.3) is 0 Å². The van der Waals surface area contributed by atoms with Crippen molar-refractivity contribution < 1.29 is 9.59 Å². The van der Waals surface area contributed by atoms with Gasteiger partial charge >= 0.3 is 0 Å².